The van der Waals surface area contributed by atoms with Crippen LogP contribution in [0.2, 0.25) is 0 Å². The molecule has 0 spiro atoms. The first-order valence-electron chi connectivity index (χ1n) is 5.22. The first-order valence-corrected chi connectivity index (χ1v) is 5.22. The van der Waals surface area contributed by atoms with Crippen LogP contribution in [0.3, 0.4) is 0 Å². The Kier molecular flexibility index (Phi) is 2.86. The minimum absolute atomic E-state index is 0.102. The second kappa shape index (κ2) is 3.95. The smallest absolute Gasteiger partial charge is 0.0913 e. The highest BCUT2D eigenvalue weighted by molar-refractivity contribution is 4.95. The van der Waals surface area contributed by atoms with Crippen LogP contribution in [-0.2, 0) is 9.47 Å². The Labute approximate surface area is 79.8 Å². The van der Waals surface area contributed by atoms with Gasteiger partial charge in [-0.25, -0.2) is 0 Å². The minimum atomic E-state index is 0.102. The van der Waals surface area contributed by atoms with Crippen LogP contribution in [0, 0.1) is 0 Å². The lowest BCUT2D eigenvalue weighted by molar-refractivity contribution is -0.0491. The molecule has 0 unspecified atom stereocenters. The van der Waals surface area contributed by atoms with Gasteiger partial charge < -0.3 is 14.8 Å². The molecule has 0 aromatic carbocycles. The van der Waals surface area contributed by atoms with Gasteiger partial charge in [0.2, 0.25) is 0 Å². The molecule has 0 bridgehead atoms. The highest BCUT2D eigenvalue weighted by Gasteiger charge is 2.43. The van der Waals surface area contributed by atoms with E-state index in [2.05, 4.69) is 5.32 Å². The van der Waals surface area contributed by atoms with Crippen molar-refractivity contribution in [2.24, 2.45) is 0 Å². The first kappa shape index (κ1) is 9.44. The molecule has 1 aliphatic heterocycles. The summed E-state index contributed by atoms with van der Waals surface area (Å²) in [6, 6.07) is 0. The third kappa shape index (κ3) is 2.42. The van der Waals surface area contributed by atoms with Crippen LogP contribution in [0.1, 0.15) is 25.7 Å². The van der Waals surface area contributed by atoms with E-state index >= 15 is 0 Å². The maximum atomic E-state index is 5.84. The Morgan fingerprint density at radius 3 is 2.54 bits per heavy atom. The fraction of sp³-hybridized carbons (Fsp3) is 1.00. The molecule has 1 saturated carbocycles. The summed E-state index contributed by atoms with van der Waals surface area (Å²) in [5.41, 5.74) is 0.102. The summed E-state index contributed by atoms with van der Waals surface area (Å²) in [5.74, 6) is 0. The van der Waals surface area contributed by atoms with E-state index in [1.165, 1.54) is 12.8 Å². The lowest BCUT2D eigenvalue weighted by Gasteiger charge is -2.25. The summed E-state index contributed by atoms with van der Waals surface area (Å²) >= 11 is 0. The van der Waals surface area contributed by atoms with E-state index in [-0.39, 0.29) is 5.60 Å². The van der Waals surface area contributed by atoms with E-state index in [1.54, 1.807) is 7.11 Å². The number of hydrogen-bond acceptors (Lipinski definition) is 3. The molecule has 0 radical (unpaired) electrons. The summed E-state index contributed by atoms with van der Waals surface area (Å²) in [6.45, 7) is 3.00. The van der Waals surface area contributed by atoms with Crippen molar-refractivity contribution in [3.63, 3.8) is 0 Å². The van der Waals surface area contributed by atoms with Crippen molar-refractivity contribution < 1.29 is 9.47 Å². The number of piperidine rings is 1. The zero-order chi connectivity index (χ0) is 9.15. The van der Waals surface area contributed by atoms with Crippen molar-refractivity contribution in [2.45, 2.75) is 37.4 Å². The van der Waals surface area contributed by atoms with Crippen LogP contribution < -0.4 is 5.32 Å². The minimum Gasteiger partial charge on any atom is -0.376 e. The topological polar surface area (TPSA) is 30.5 Å². The number of ether oxygens (including phenoxy) is 2. The molecule has 2 aliphatic rings. The largest absolute Gasteiger partial charge is 0.376 e. The summed E-state index contributed by atoms with van der Waals surface area (Å²) in [7, 11) is 1.79. The van der Waals surface area contributed by atoms with Crippen molar-refractivity contribution in [2.75, 3.05) is 26.8 Å². The number of nitrogens with one attached hydrogen (secondary N) is 1. The van der Waals surface area contributed by atoms with E-state index in [1.807, 2.05) is 0 Å². The maximum absolute atomic E-state index is 5.84. The standard InChI is InChI=1S/C10H19NO2/c1-12-10(4-5-10)8-13-9-2-6-11-7-3-9/h9,11H,2-8H2,1H3. The predicted molar refractivity (Wildman–Crippen MR) is 50.8 cm³/mol. The van der Waals surface area contributed by atoms with Crippen molar-refractivity contribution in [1.82, 2.24) is 5.32 Å². The average Bonchev–Trinajstić information content (AvgIpc) is 2.97. The van der Waals surface area contributed by atoms with E-state index in [0.29, 0.717) is 6.10 Å². The highest BCUT2D eigenvalue weighted by atomic mass is 16.5. The van der Waals surface area contributed by atoms with Crippen LogP contribution >= 0.6 is 0 Å². The zero-order valence-electron chi connectivity index (χ0n) is 8.34. The van der Waals surface area contributed by atoms with Crippen LogP contribution in [0.15, 0.2) is 0 Å². The SMILES string of the molecule is COC1(COC2CCNCC2)CC1. The van der Waals surface area contributed by atoms with Gasteiger partial charge >= 0.3 is 0 Å². The number of methoxy groups -OCH3 is 1. The molecule has 1 heterocycles. The van der Waals surface area contributed by atoms with E-state index < -0.39 is 0 Å². The maximum Gasteiger partial charge on any atom is 0.0913 e. The van der Waals surface area contributed by atoms with Crippen LogP contribution in [0.5, 0.6) is 0 Å². The number of hydrogen-bond donors (Lipinski definition) is 1. The quantitative estimate of drug-likeness (QED) is 0.707. The third-order valence-electron chi connectivity index (χ3n) is 3.11. The molecule has 1 N–H and O–H groups in total. The third-order valence-corrected chi connectivity index (χ3v) is 3.11. The van der Waals surface area contributed by atoms with E-state index in [0.717, 1.165) is 32.5 Å². The summed E-state index contributed by atoms with van der Waals surface area (Å²) in [6.07, 6.45) is 5.12. The molecular weight excluding hydrogens is 166 g/mol. The van der Waals surface area contributed by atoms with Crippen molar-refractivity contribution >= 4 is 0 Å². The molecular formula is C10H19NO2. The van der Waals surface area contributed by atoms with Gasteiger partial charge in [-0.2, -0.15) is 0 Å². The molecule has 0 aromatic heterocycles. The summed E-state index contributed by atoms with van der Waals surface area (Å²) < 4.78 is 11.2. The van der Waals surface area contributed by atoms with Crippen molar-refractivity contribution in [1.29, 1.82) is 0 Å². The van der Waals surface area contributed by atoms with Gasteiger partial charge in [-0.3, -0.25) is 0 Å². The molecule has 2 fully saturated rings. The molecule has 1 saturated heterocycles. The fourth-order valence-electron chi connectivity index (χ4n) is 1.78. The first-order chi connectivity index (χ1) is 6.35. The van der Waals surface area contributed by atoms with Gasteiger partial charge in [-0.15, -0.1) is 0 Å². The molecule has 3 heteroatoms. The predicted octanol–water partition coefficient (Wildman–Crippen LogP) is 0.934. The van der Waals surface area contributed by atoms with Gasteiger partial charge in [0.05, 0.1) is 18.3 Å². The average molecular weight is 185 g/mol. The van der Waals surface area contributed by atoms with E-state index in [4.69, 9.17) is 9.47 Å². The summed E-state index contributed by atoms with van der Waals surface area (Å²) in [4.78, 5) is 0. The Hall–Kier alpha value is -0.120. The second-order valence-corrected chi connectivity index (χ2v) is 4.15. The molecule has 2 rings (SSSR count). The highest BCUT2D eigenvalue weighted by Crippen LogP contribution is 2.39. The molecule has 1 aliphatic carbocycles. The van der Waals surface area contributed by atoms with Gasteiger partial charge in [0.15, 0.2) is 0 Å². The molecule has 76 valence electrons. The van der Waals surface area contributed by atoms with Crippen molar-refractivity contribution in [3.8, 4) is 0 Å². The summed E-state index contributed by atoms with van der Waals surface area (Å²) in [5, 5.41) is 3.33. The molecule has 0 aromatic rings. The normalized spacial score (nSPS) is 27.5. The van der Waals surface area contributed by atoms with Crippen LogP contribution in [-0.4, -0.2) is 38.5 Å². The number of rotatable bonds is 4. The Bertz CT molecular complexity index is 162. The Morgan fingerprint density at radius 1 is 1.31 bits per heavy atom. The Morgan fingerprint density at radius 2 is 2.00 bits per heavy atom. The second-order valence-electron chi connectivity index (χ2n) is 4.15. The fourth-order valence-corrected chi connectivity index (χ4v) is 1.78. The van der Waals surface area contributed by atoms with E-state index in [9.17, 15) is 0 Å². The molecule has 3 nitrogen and oxygen atoms in total. The monoisotopic (exact) mass is 185 g/mol. The molecule has 0 amide bonds. The lowest BCUT2D eigenvalue weighted by Crippen LogP contribution is -2.34. The van der Waals surface area contributed by atoms with Gasteiger partial charge in [0.1, 0.15) is 0 Å². The Balaban J connectivity index is 1.66. The van der Waals surface area contributed by atoms with Crippen LogP contribution in [0.4, 0.5) is 0 Å². The molecule has 13 heavy (non-hydrogen) atoms. The molecule has 0 atom stereocenters. The van der Waals surface area contributed by atoms with Crippen molar-refractivity contribution in [3.05, 3.63) is 0 Å². The van der Waals surface area contributed by atoms with Gasteiger partial charge in [0, 0.05) is 7.11 Å². The zero-order valence-corrected chi connectivity index (χ0v) is 8.34. The van der Waals surface area contributed by atoms with Crippen LogP contribution in [0.25, 0.3) is 0 Å². The van der Waals surface area contributed by atoms with Gasteiger partial charge in [-0.1, -0.05) is 0 Å². The van der Waals surface area contributed by atoms with Gasteiger partial charge in [-0.05, 0) is 38.8 Å². The lowest BCUT2D eigenvalue weighted by atomic mass is 10.1. The van der Waals surface area contributed by atoms with Gasteiger partial charge in [0.25, 0.3) is 0 Å².